The Morgan fingerprint density at radius 1 is 1.27 bits per heavy atom. The summed E-state index contributed by atoms with van der Waals surface area (Å²) in [6.45, 7) is 1.83. The number of aromatic nitrogens is 1. The van der Waals surface area contributed by atoms with Crippen molar-refractivity contribution in [3.8, 4) is 0 Å². The molecule has 1 aromatic heterocycles. The number of carbonyl (C=O) groups is 1. The standard InChI is InChI=1S/C17H14BrFN2O/c1-10(11-3-2-4-13(19)7-11)21-17(22)15-9-20-16-6-5-12(18)8-14(15)16/h2-10,20H,1H3,(H,21,22)/t10-/m0/s1. The molecule has 0 bridgehead atoms. The first-order chi connectivity index (χ1) is 10.5. The summed E-state index contributed by atoms with van der Waals surface area (Å²) >= 11 is 3.41. The van der Waals surface area contributed by atoms with Gasteiger partial charge in [0, 0.05) is 21.6 Å². The Morgan fingerprint density at radius 3 is 2.86 bits per heavy atom. The van der Waals surface area contributed by atoms with Crippen molar-refractivity contribution < 1.29 is 9.18 Å². The fraction of sp³-hybridized carbons (Fsp3) is 0.118. The van der Waals surface area contributed by atoms with Gasteiger partial charge >= 0.3 is 0 Å². The lowest BCUT2D eigenvalue weighted by atomic mass is 10.1. The molecule has 1 heterocycles. The van der Waals surface area contributed by atoms with Crippen LogP contribution in [0.25, 0.3) is 10.9 Å². The molecule has 0 saturated heterocycles. The zero-order valence-electron chi connectivity index (χ0n) is 11.9. The van der Waals surface area contributed by atoms with E-state index in [9.17, 15) is 9.18 Å². The maximum Gasteiger partial charge on any atom is 0.253 e. The highest BCUT2D eigenvalue weighted by molar-refractivity contribution is 9.10. The third-order valence-corrected chi connectivity index (χ3v) is 4.08. The van der Waals surface area contributed by atoms with Gasteiger partial charge in [0.2, 0.25) is 0 Å². The number of hydrogen-bond donors (Lipinski definition) is 2. The van der Waals surface area contributed by atoms with E-state index in [1.807, 2.05) is 25.1 Å². The smallest absolute Gasteiger partial charge is 0.253 e. The molecule has 2 N–H and O–H groups in total. The number of rotatable bonds is 3. The second-order valence-corrected chi connectivity index (χ2v) is 6.06. The first-order valence-electron chi connectivity index (χ1n) is 6.87. The summed E-state index contributed by atoms with van der Waals surface area (Å²) in [5.74, 6) is -0.504. The van der Waals surface area contributed by atoms with Crippen molar-refractivity contribution in [3.05, 3.63) is 70.1 Å². The highest BCUT2D eigenvalue weighted by Crippen LogP contribution is 2.23. The van der Waals surface area contributed by atoms with Crippen molar-refractivity contribution in [1.29, 1.82) is 0 Å². The van der Waals surface area contributed by atoms with Crippen molar-refractivity contribution in [2.75, 3.05) is 0 Å². The van der Waals surface area contributed by atoms with Crippen molar-refractivity contribution in [1.82, 2.24) is 10.3 Å². The van der Waals surface area contributed by atoms with Gasteiger partial charge in [-0.05, 0) is 42.8 Å². The lowest BCUT2D eigenvalue weighted by Crippen LogP contribution is -2.26. The van der Waals surface area contributed by atoms with Gasteiger partial charge < -0.3 is 10.3 Å². The minimum atomic E-state index is -0.311. The van der Waals surface area contributed by atoms with Gasteiger partial charge in [-0.15, -0.1) is 0 Å². The molecular formula is C17H14BrFN2O. The predicted molar refractivity (Wildman–Crippen MR) is 88.3 cm³/mol. The highest BCUT2D eigenvalue weighted by atomic mass is 79.9. The molecule has 0 aliphatic carbocycles. The average Bonchev–Trinajstić information content (AvgIpc) is 2.90. The van der Waals surface area contributed by atoms with Crippen LogP contribution in [0.4, 0.5) is 4.39 Å². The van der Waals surface area contributed by atoms with E-state index in [1.165, 1.54) is 12.1 Å². The molecule has 5 heteroatoms. The molecule has 0 aliphatic rings. The van der Waals surface area contributed by atoms with Gasteiger partial charge in [-0.1, -0.05) is 28.1 Å². The van der Waals surface area contributed by atoms with Gasteiger partial charge in [0.25, 0.3) is 5.91 Å². The molecule has 0 aliphatic heterocycles. The lowest BCUT2D eigenvalue weighted by molar-refractivity contribution is 0.0941. The van der Waals surface area contributed by atoms with Crippen molar-refractivity contribution in [2.45, 2.75) is 13.0 Å². The predicted octanol–water partition coefficient (Wildman–Crippen LogP) is 4.56. The first-order valence-corrected chi connectivity index (χ1v) is 7.67. The number of carbonyl (C=O) groups excluding carboxylic acids is 1. The van der Waals surface area contributed by atoms with E-state index in [1.54, 1.807) is 18.3 Å². The van der Waals surface area contributed by atoms with E-state index in [0.717, 1.165) is 20.9 Å². The Hall–Kier alpha value is -2.14. The Bertz CT molecular complexity index is 844. The van der Waals surface area contributed by atoms with E-state index in [0.29, 0.717) is 5.56 Å². The molecule has 1 atom stereocenters. The molecule has 3 nitrogen and oxygen atoms in total. The molecule has 22 heavy (non-hydrogen) atoms. The number of aromatic amines is 1. The third-order valence-electron chi connectivity index (χ3n) is 3.58. The van der Waals surface area contributed by atoms with Crippen LogP contribution in [0.5, 0.6) is 0 Å². The minimum absolute atomic E-state index is 0.193. The van der Waals surface area contributed by atoms with E-state index in [-0.39, 0.29) is 17.8 Å². The van der Waals surface area contributed by atoms with Gasteiger partial charge in [0.1, 0.15) is 5.82 Å². The first kappa shape index (κ1) is 14.8. The molecule has 0 fully saturated rings. The summed E-state index contributed by atoms with van der Waals surface area (Å²) in [6.07, 6.45) is 1.69. The Kier molecular flexibility index (Phi) is 3.98. The monoisotopic (exact) mass is 360 g/mol. The van der Waals surface area contributed by atoms with Crippen LogP contribution in [-0.2, 0) is 0 Å². The van der Waals surface area contributed by atoms with Crippen molar-refractivity contribution in [2.24, 2.45) is 0 Å². The maximum absolute atomic E-state index is 13.3. The summed E-state index contributed by atoms with van der Waals surface area (Å²) in [6, 6.07) is 11.7. The molecule has 0 radical (unpaired) electrons. The van der Waals surface area contributed by atoms with Crippen molar-refractivity contribution in [3.63, 3.8) is 0 Å². The molecule has 0 saturated carbocycles. The molecule has 3 rings (SSSR count). The van der Waals surface area contributed by atoms with Gasteiger partial charge in [0.15, 0.2) is 0 Å². The molecule has 1 amide bonds. The Labute approximate surface area is 135 Å². The van der Waals surface area contributed by atoms with Crippen LogP contribution in [0.3, 0.4) is 0 Å². The number of nitrogens with one attached hydrogen (secondary N) is 2. The van der Waals surface area contributed by atoms with Crippen LogP contribution in [-0.4, -0.2) is 10.9 Å². The van der Waals surface area contributed by atoms with Gasteiger partial charge in [-0.3, -0.25) is 4.79 Å². The minimum Gasteiger partial charge on any atom is -0.360 e. The molecule has 0 spiro atoms. The SMILES string of the molecule is C[C@H](NC(=O)c1c[nH]c2ccc(Br)cc12)c1cccc(F)c1. The highest BCUT2D eigenvalue weighted by Gasteiger charge is 2.15. The molecule has 2 aromatic carbocycles. The molecule has 0 unspecified atom stereocenters. The maximum atomic E-state index is 13.3. The summed E-state index contributed by atoms with van der Waals surface area (Å²) in [7, 11) is 0. The van der Waals surface area contributed by atoms with Crippen LogP contribution < -0.4 is 5.32 Å². The zero-order valence-corrected chi connectivity index (χ0v) is 13.4. The Balaban J connectivity index is 1.85. The average molecular weight is 361 g/mol. The number of benzene rings is 2. The van der Waals surface area contributed by atoms with Crippen molar-refractivity contribution >= 4 is 32.7 Å². The fourth-order valence-corrected chi connectivity index (χ4v) is 2.78. The summed E-state index contributed by atoms with van der Waals surface area (Å²) < 4.78 is 14.2. The topological polar surface area (TPSA) is 44.9 Å². The summed E-state index contributed by atoms with van der Waals surface area (Å²) in [4.78, 5) is 15.5. The van der Waals surface area contributed by atoms with E-state index in [4.69, 9.17) is 0 Å². The number of hydrogen-bond acceptors (Lipinski definition) is 1. The van der Waals surface area contributed by atoms with E-state index < -0.39 is 0 Å². The van der Waals surface area contributed by atoms with E-state index >= 15 is 0 Å². The van der Waals surface area contributed by atoms with Crippen LogP contribution in [0.1, 0.15) is 28.9 Å². The van der Waals surface area contributed by atoms with E-state index in [2.05, 4.69) is 26.2 Å². The zero-order chi connectivity index (χ0) is 15.7. The normalized spacial score (nSPS) is 12.3. The summed E-state index contributed by atoms with van der Waals surface area (Å²) in [5, 5.41) is 3.74. The number of fused-ring (bicyclic) bond motifs is 1. The van der Waals surface area contributed by atoms with Gasteiger partial charge in [-0.25, -0.2) is 4.39 Å². The molecule has 112 valence electrons. The van der Waals surface area contributed by atoms with Crippen LogP contribution >= 0.6 is 15.9 Å². The van der Waals surface area contributed by atoms with Crippen LogP contribution in [0, 0.1) is 5.82 Å². The lowest BCUT2D eigenvalue weighted by Gasteiger charge is -2.14. The summed E-state index contributed by atoms with van der Waals surface area (Å²) in [5.41, 5.74) is 2.20. The number of H-pyrrole nitrogens is 1. The molecular weight excluding hydrogens is 347 g/mol. The Morgan fingerprint density at radius 2 is 2.09 bits per heavy atom. The number of halogens is 2. The fourth-order valence-electron chi connectivity index (χ4n) is 2.41. The van der Waals surface area contributed by atoms with Crippen LogP contribution in [0.2, 0.25) is 0 Å². The third kappa shape index (κ3) is 2.90. The second-order valence-electron chi connectivity index (χ2n) is 5.14. The largest absolute Gasteiger partial charge is 0.360 e. The molecule has 3 aromatic rings. The van der Waals surface area contributed by atoms with Gasteiger partial charge in [0.05, 0.1) is 11.6 Å². The quantitative estimate of drug-likeness (QED) is 0.706. The second kappa shape index (κ2) is 5.93. The van der Waals surface area contributed by atoms with Gasteiger partial charge in [-0.2, -0.15) is 0 Å². The van der Waals surface area contributed by atoms with Crippen LogP contribution in [0.15, 0.2) is 53.1 Å². The number of amides is 1.